The van der Waals surface area contributed by atoms with Gasteiger partial charge < -0.3 is 0 Å². The lowest BCUT2D eigenvalue weighted by molar-refractivity contribution is 0.148. The SMILES string of the molecule is CC(C)CC1(C(CCc2cnn(C)c2)NN)CCCC1. The van der Waals surface area contributed by atoms with Gasteiger partial charge >= 0.3 is 0 Å². The molecule has 2 rings (SSSR count). The Hall–Kier alpha value is -0.870. The Morgan fingerprint density at radius 3 is 2.60 bits per heavy atom. The molecule has 1 fully saturated rings. The van der Waals surface area contributed by atoms with Crippen molar-refractivity contribution < 1.29 is 0 Å². The molecule has 0 spiro atoms. The number of nitrogens with two attached hydrogens (primary N) is 1. The van der Waals surface area contributed by atoms with Crippen LogP contribution < -0.4 is 11.3 Å². The molecule has 0 aromatic carbocycles. The summed E-state index contributed by atoms with van der Waals surface area (Å²) in [5, 5.41) is 4.25. The first-order chi connectivity index (χ1) is 9.55. The number of rotatable bonds is 7. The molecule has 0 bridgehead atoms. The van der Waals surface area contributed by atoms with Gasteiger partial charge in [0.25, 0.3) is 0 Å². The number of hydrogen-bond acceptors (Lipinski definition) is 3. The van der Waals surface area contributed by atoms with Crippen LogP contribution >= 0.6 is 0 Å². The van der Waals surface area contributed by atoms with Crippen molar-refractivity contribution in [2.75, 3.05) is 0 Å². The summed E-state index contributed by atoms with van der Waals surface area (Å²) in [7, 11) is 1.97. The highest BCUT2D eigenvalue weighted by atomic mass is 15.2. The van der Waals surface area contributed by atoms with E-state index in [9.17, 15) is 0 Å². The second-order valence-corrected chi connectivity index (χ2v) is 6.95. The zero-order valence-electron chi connectivity index (χ0n) is 13.2. The van der Waals surface area contributed by atoms with Crippen molar-refractivity contribution in [3.05, 3.63) is 18.0 Å². The van der Waals surface area contributed by atoms with E-state index in [0.29, 0.717) is 11.5 Å². The largest absolute Gasteiger partial charge is 0.276 e. The molecule has 1 aromatic rings. The summed E-state index contributed by atoms with van der Waals surface area (Å²) in [6.07, 6.45) is 12.9. The molecule has 4 nitrogen and oxygen atoms in total. The molecule has 1 aliphatic rings. The highest BCUT2D eigenvalue weighted by Crippen LogP contribution is 2.46. The Morgan fingerprint density at radius 2 is 2.10 bits per heavy atom. The zero-order valence-corrected chi connectivity index (χ0v) is 13.2. The zero-order chi connectivity index (χ0) is 14.6. The second-order valence-electron chi connectivity index (χ2n) is 6.95. The lowest BCUT2D eigenvalue weighted by Crippen LogP contribution is -2.48. The summed E-state index contributed by atoms with van der Waals surface area (Å²) in [4.78, 5) is 0. The minimum absolute atomic E-state index is 0.408. The van der Waals surface area contributed by atoms with Crippen LogP contribution in [-0.4, -0.2) is 15.8 Å². The topological polar surface area (TPSA) is 55.9 Å². The highest BCUT2D eigenvalue weighted by Gasteiger charge is 2.40. The van der Waals surface area contributed by atoms with Gasteiger partial charge in [-0.15, -0.1) is 0 Å². The van der Waals surface area contributed by atoms with Gasteiger partial charge in [0.2, 0.25) is 0 Å². The molecule has 1 saturated carbocycles. The number of aryl methyl sites for hydroxylation is 2. The number of hydrogen-bond donors (Lipinski definition) is 2. The van der Waals surface area contributed by atoms with Crippen LogP contribution in [0, 0.1) is 11.3 Å². The minimum Gasteiger partial charge on any atom is -0.276 e. The standard InChI is InChI=1S/C16H30N4/c1-13(2)10-16(8-4-5-9-16)15(19-17)7-6-14-11-18-20(3)12-14/h11-13,15,19H,4-10,17H2,1-3H3. The smallest absolute Gasteiger partial charge is 0.0521 e. The second kappa shape index (κ2) is 6.72. The molecule has 0 saturated heterocycles. The Kier molecular flexibility index (Phi) is 5.22. The van der Waals surface area contributed by atoms with E-state index in [2.05, 4.69) is 30.6 Å². The van der Waals surface area contributed by atoms with Crippen molar-refractivity contribution in [2.24, 2.45) is 24.2 Å². The maximum atomic E-state index is 5.91. The third kappa shape index (κ3) is 3.61. The van der Waals surface area contributed by atoms with E-state index < -0.39 is 0 Å². The van der Waals surface area contributed by atoms with Crippen molar-refractivity contribution in [1.82, 2.24) is 15.2 Å². The first-order valence-electron chi connectivity index (χ1n) is 7.99. The Morgan fingerprint density at radius 1 is 1.40 bits per heavy atom. The third-order valence-electron chi connectivity index (χ3n) is 4.83. The van der Waals surface area contributed by atoms with Gasteiger partial charge in [0, 0.05) is 19.3 Å². The molecule has 1 heterocycles. The molecule has 1 atom stereocenters. The number of aromatic nitrogens is 2. The molecule has 0 aliphatic heterocycles. The summed E-state index contributed by atoms with van der Waals surface area (Å²) in [6, 6.07) is 0.424. The third-order valence-corrected chi connectivity index (χ3v) is 4.83. The first-order valence-corrected chi connectivity index (χ1v) is 7.99. The highest BCUT2D eigenvalue weighted by molar-refractivity contribution is 5.05. The predicted molar refractivity (Wildman–Crippen MR) is 83.0 cm³/mol. The van der Waals surface area contributed by atoms with Gasteiger partial charge in [-0.3, -0.25) is 16.0 Å². The van der Waals surface area contributed by atoms with E-state index in [1.165, 1.54) is 37.7 Å². The van der Waals surface area contributed by atoms with Gasteiger partial charge in [-0.05, 0) is 49.0 Å². The molecule has 20 heavy (non-hydrogen) atoms. The average molecular weight is 278 g/mol. The van der Waals surface area contributed by atoms with Crippen molar-refractivity contribution in [1.29, 1.82) is 0 Å². The molecule has 4 heteroatoms. The van der Waals surface area contributed by atoms with Gasteiger partial charge in [0.15, 0.2) is 0 Å². The van der Waals surface area contributed by atoms with E-state index in [1.807, 2.05) is 17.9 Å². The van der Waals surface area contributed by atoms with Crippen LogP contribution in [0.2, 0.25) is 0 Å². The van der Waals surface area contributed by atoms with Crippen molar-refractivity contribution in [2.45, 2.75) is 64.8 Å². The van der Waals surface area contributed by atoms with Crippen LogP contribution in [0.3, 0.4) is 0 Å². The summed E-state index contributed by atoms with van der Waals surface area (Å²) in [6.45, 7) is 4.66. The summed E-state index contributed by atoms with van der Waals surface area (Å²) in [5.74, 6) is 6.65. The van der Waals surface area contributed by atoms with Crippen LogP contribution in [0.4, 0.5) is 0 Å². The molecule has 1 unspecified atom stereocenters. The normalized spacial score (nSPS) is 19.6. The van der Waals surface area contributed by atoms with Gasteiger partial charge in [-0.1, -0.05) is 26.7 Å². The van der Waals surface area contributed by atoms with E-state index >= 15 is 0 Å². The quantitative estimate of drug-likeness (QED) is 0.595. The Labute approximate surface area is 123 Å². The van der Waals surface area contributed by atoms with Crippen molar-refractivity contribution >= 4 is 0 Å². The van der Waals surface area contributed by atoms with E-state index in [-0.39, 0.29) is 0 Å². The summed E-state index contributed by atoms with van der Waals surface area (Å²) >= 11 is 0. The van der Waals surface area contributed by atoms with Gasteiger partial charge in [-0.25, -0.2) is 0 Å². The van der Waals surface area contributed by atoms with Gasteiger partial charge in [0.1, 0.15) is 0 Å². The molecule has 114 valence electrons. The fourth-order valence-corrected chi connectivity index (χ4v) is 4.07. The molecule has 3 N–H and O–H groups in total. The summed E-state index contributed by atoms with van der Waals surface area (Å²) < 4.78 is 1.87. The molecular weight excluding hydrogens is 248 g/mol. The summed E-state index contributed by atoms with van der Waals surface area (Å²) in [5.41, 5.74) is 4.86. The maximum Gasteiger partial charge on any atom is 0.0521 e. The Bertz CT molecular complexity index is 404. The van der Waals surface area contributed by atoms with Crippen molar-refractivity contribution in [3.8, 4) is 0 Å². The van der Waals surface area contributed by atoms with Crippen LogP contribution in [0.15, 0.2) is 12.4 Å². The van der Waals surface area contributed by atoms with Crippen molar-refractivity contribution in [3.63, 3.8) is 0 Å². The van der Waals surface area contributed by atoms with Crippen LogP contribution in [0.1, 0.15) is 57.9 Å². The fourth-order valence-electron chi connectivity index (χ4n) is 4.07. The minimum atomic E-state index is 0.408. The van der Waals surface area contributed by atoms with Crippen LogP contribution in [-0.2, 0) is 13.5 Å². The van der Waals surface area contributed by atoms with Crippen LogP contribution in [0.5, 0.6) is 0 Å². The molecule has 0 radical (unpaired) electrons. The van der Waals surface area contributed by atoms with E-state index in [4.69, 9.17) is 5.84 Å². The monoisotopic (exact) mass is 278 g/mol. The average Bonchev–Trinajstić information content (AvgIpc) is 3.00. The Balaban J connectivity index is 2.01. The van der Waals surface area contributed by atoms with E-state index in [1.54, 1.807) is 0 Å². The van der Waals surface area contributed by atoms with E-state index in [0.717, 1.165) is 18.8 Å². The molecule has 1 aromatic heterocycles. The molecule has 1 aliphatic carbocycles. The number of nitrogens with zero attached hydrogens (tertiary/aromatic N) is 2. The predicted octanol–water partition coefficient (Wildman–Crippen LogP) is 2.79. The molecule has 0 amide bonds. The van der Waals surface area contributed by atoms with Gasteiger partial charge in [0.05, 0.1) is 6.20 Å². The maximum absolute atomic E-state index is 5.91. The number of nitrogens with one attached hydrogen (secondary N) is 1. The lowest BCUT2D eigenvalue weighted by atomic mass is 9.71. The fraction of sp³-hybridized carbons (Fsp3) is 0.812. The molecular formula is C16H30N4. The van der Waals surface area contributed by atoms with Gasteiger partial charge in [-0.2, -0.15) is 5.10 Å². The number of hydrazine groups is 1. The lowest BCUT2D eigenvalue weighted by Gasteiger charge is -2.39. The first kappa shape index (κ1) is 15.5. The van der Waals surface area contributed by atoms with Crippen LogP contribution in [0.25, 0.3) is 0 Å².